The van der Waals surface area contributed by atoms with Crippen LogP contribution in [0, 0.1) is 6.92 Å². The molecule has 192 valence electrons. The summed E-state index contributed by atoms with van der Waals surface area (Å²) in [5, 5.41) is 6.09. The molecule has 1 aliphatic rings. The molecule has 0 spiro atoms. The van der Waals surface area contributed by atoms with Crippen LogP contribution in [0.4, 0.5) is 5.69 Å². The maximum Gasteiger partial charge on any atom is 0.154 e. The van der Waals surface area contributed by atoms with Crippen LogP contribution >= 0.6 is 0 Å². The number of anilines is 1. The molecule has 0 saturated carbocycles. The van der Waals surface area contributed by atoms with Gasteiger partial charge in [0, 0.05) is 67.0 Å². The lowest BCUT2D eigenvalue weighted by molar-refractivity contribution is 0.313. The lowest BCUT2D eigenvalue weighted by atomic mass is 10.0. The standard InChI is InChI=1S/C32H29N7/c1-22-29(25-4-3-5-26(18-25)38-16-14-37(2)15-17-38)20-32-35-21-31(39(32)36-22)28-10-13-34-30-19-24(6-7-27(28)30)23-8-11-33-12-9-23/h3-13,18-21H,14-17H2,1-2H3. The molecule has 0 aliphatic carbocycles. The minimum atomic E-state index is 0.828. The monoisotopic (exact) mass is 511 g/mol. The molecule has 0 radical (unpaired) electrons. The van der Waals surface area contributed by atoms with Crippen molar-refractivity contribution in [2.24, 2.45) is 0 Å². The van der Waals surface area contributed by atoms with Gasteiger partial charge in [-0.1, -0.05) is 24.3 Å². The van der Waals surface area contributed by atoms with E-state index in [2.05, 4.69) is 82.3 Å². The van der Waals surface area contributed by atoms with Gasteiger partial charge in [0.1, 0.15) is 0 Å². The number of fused-ring (bicyclic) bond motifs is 2. The third kappa shape index (κ3) is 4.30. The quantitative estimate of drug-likeness (QED) is 0.301. The molecule has 7 heteroatoms. The number of benzene rings is 2. The molecule has 1 fully saturated rings. The first kappa shape index (κ1) is 23.5. The van der Waals surface area contributed by atoms with Gasteiger partial charge in [-0.05, 0) is 73.1 Å². The van der Waals surface area contributed by atoms with E-state index in [-0.39, 0.29) is 0 Å². The number of likely N-dealkylation sites (N-methyl/N-ethyl adjacent to an activating group) is 1. The molecule has 1 saturated heterocycles. The van der Waals surface area contributed by atoms with Crippen LogP contribution in [0.2, 0.25) is 0 Å². The van der Waals surface area contributed by atoms with Gasteiger partial charge < -0.3 is 9.80 Å². The minimum Gasteiger partial charge on any atom is -0.369 e. The van der Waals surface area contributed by atoms with Crippen molar-refractivity contribution >= 4 is 22.2 Å². The Bertz CT molecular complexity index is 1800. The first-order chi connectivity index (χ1) is 19.1. The van der Waals surface area contributed by atoms with Crippen molar-refractivity contribution in [2.75, 3.05) is 38.1 Å². The predicted octanol–water partition coefficient (Wildman–Crippen LogP) is 5.73. The first-order valence-electron chi connectivity index (χ1n) is 13.3. The van der Waals surface area contributed by atoms with Crippen LogP contribution in [0.15, 0.2) is 91.5 Å². The van der Waals surface area contributed by atoms with Crippen molar-refractivity contribution in [3.63, 3.8) is 0 Å². The van der Waals surface area contributed by atoms with Crippen LogP contribution in [0.3, 0.4) is 0 Å². The Hall–Kier alpha value is -4.62. The second-order valence-electron chi connectivity index (χ2n) is 10.2. The Morgan fingerprint density at radius 3 is 2.41 bits per heavy atom. The second-order valence-corrected chi connectivity index (χ2v) is 10.2. The number of hydrogen-bond acceptors (Lipinski definition) is 6. The number of pyridine rings is 2. The van der Waals surface area contributed by atoms with Crippen LogP contribution in [-0.2, 0) is 0 Å². The lowest BCUT2D eigenvalue weighted by Gasteiger charge is -2.34. The van der Waals surface area contributed by atoms with Gasteiger partial charge in [0.05, 0.1) is 23.1 Å². The summed E-state index contributed by atoms with van der Waals surface area (Å²) in [6, 6.07) is 23.4. The largest absolute Gasteiger partial charge is 0.369 e. The maximum atomic E-state index is 5.02. The van der Waals surface area contributed by atoms with E-state index in [1.165, 1.54) is 11.3 Å². The van der Waals surface area contributed by atoms with Crippen molar-refractivity contribution in [2.45, 2.75) is 6.92 Å². The van der Waals surface area contributed by atoms with Crippen LogP contribution < -0.4 is 4.90 Å². The predicted molar refractivity (Wildman–Crippen MR) is 157 cm³/mol. The van der Waals surface area contributed by atoms with E-state index in [4.69, 9.17) is 10.1 Å². The highest BCUT2D eigenvalue weighted by Gasteiger charge is 2.17. The van der Waals surface area contributed by atoms with Gasteiger partial charge >= 0.3 is 0 Å². The molecule has 0 N–H and O–H groups in total. The lowest BCUT2D eigenvalue weighted by Crippen LogP contribution is -2.44. The van der Waals surface area contributed by atoms with Gasteiger partial charge in [0.25, 0.3) is 0 Å². The average Bonchev–Trinajstić information content (AvgIpc) is 3.39. The van der Waals surface area contributed by atoms with E-state index in [0.717, 1.165) is 76.4 Å². The number of aryl methyl sites for hydroxylation is 1. The minimum absolute atomic E-state index is 0.828. The molecule has 6 aromatic rings. The van der Waals surface area contributed by atoms with E-state index >= 15 is 0 Å². The first-order valence-corrected chi connectivity index (χ1v) is 13.3. The molecule has 0 unspecified atom stereocenters. The molecule has 0 bridgehead atoms. The third-order valence-corrected chi connectivity index (χ3v) is 7.74. The highest BCUT2D eigenvalue weighted by atomic mass is 15.3. The zero-order chi connectivity index (χ0) is 26.3. The maximum absolute atomic E-state index is 5.02. The molecular weight excluding hydrogens is 482 g/mol. The molecule has 0 atom stereocenters. The summed E-state index contributed by atoms with van der Waals surface area (Å²) in [7, 11) is 2.19. The zero-order valence-electron chi connectivity index (χ0n) is 22.1. The smallest absolute Gasteiger partial charge is 0.154 e. The summed E-state index contributed by atoms with van der Waals surface area (Å²) in [5.41, 5.74) is 10.5. The molecule has 39 heavy (non-hydrogen) atoms. The normalized spacial score (nSPS) is 14.4. The van der Waals surface area contributed by atoms with E-state index in [1.807, 2.05) is 47.5 Å². The van der Waals surface area contributed by atoms with Crippen LogP contribution in [0.25, 0.3) is 50.1 Å². The topological polar surface area (TPSA) is 62.5 Å². The molecule has 0 amide bonds. The van der Waals surface area contributed by atoms with Crippen LogP contribution in [-0.4, -0.2) is 62.7 Å². The van der Waals surface area contributed by atoms with Crippen molar-refractivity contribution in [1.29, 1.82) is 0 Å². The number of hydrogen-bond donors (Lipinski definition) is 0. The molecule has 7 nitrogen and oxygen atoms in total. The SMILES string of the molecule is Cc1nn2c(-c3ccnc4cc(-c5ccncc5)ccc34)cnc2cc1-c1cccc(N2CCN(C)CC2)c1. The molecule has 2 aromatic carbocycles. The average molecular weight is 512 g/mol. The Labute approximate surface area is 227 Å². The van der Waals surface area contributed by atoms with Crippen LogP contribution in [0.5, 0.6) is 0 Å². The Kier molecular flexibility index (Phi) is 5.78. The Morgan fingerprint density at radius 2 is 1.56 bits per heavy atom. The van der Waals surface area contributed by atoms with Gasteiger partial charge in [0.15, 0.2) is 5.65 Å². The fourth-order valence-electron chi connectivity index (χ4n) is 5.51. The number of rotatable bonds is 4. The summed E-state index contributed by atoms with van der Waals surface area (Å²) < 4.78 is 1.95. The zero-order valence-corrected chi connectivity index (χ0v) is 22.1. The number of nitrogens with zero attached hydrogens (tertiary/aromatic N) is 7. The highest BCUT2D eigenvalue weighted by Crippen LogP contribution is 2.33. The molecule has 1 aliphatic heterocycles. The van der Waals surface area contributed by atoms with Gasteiger partial charge in [0.2, 0.25) is 0 Å². The van der Waals surface area contributed by atoms with Gasteiger partial charge in [-0.3, -0.25) is 9.97 Å². The fourth-order valence-corrected chi connectivity index (χ4v) is 5.51. The van der Waals surface area contributed by atoms with Crippen molar-refractivity contribution in [3.8, 4) is 33.5 Å². The third-order valence-electron chi connectivity index (χ3n) is 7.74. The fraction of sp³-hybridized carbons (Fsp3) is 0.188. The van der Waals surface area contributed by atoms with Crippen molar-refractivity contribution in [1.82, 2.24) is 29.5 Å². The van der Waals surface area contributed by atoms with Crippen molar-refractivity contribution in [3.05, 3.63) is 97.2 Å². The molecular formula is C32H29N7. The molecule has 7 rings (SSSR count). The number of piperazine rings is 1. The van der Waals surface area contributed by atoms with E-state index < -0.39 is 0 Å². The summed E-state index contributed by atoms with van der Waals surface area (Å²) >= 11 is 0. The number of aromatic nitrogens is 5. The van der Waals surface area contributed by atoms with Crippen LogP contribution in [0.1, 0.15) is 5.69 Å². The Balaban J connectivity index is 1.27. The highest BCUT2D eigenvalue weighted by molar-refractivity contribution is 5.96. The molecule has 4 aromatic heterocycles. The summed E-state index contributed by atoms with van der Waals surface area (Å²) in [6.45, 7) is 6.34. The van der Waals surface area contributed by atoms with Crippen molar-refractivity contribution < 1.29 is 0 Å². The van der Waals surface area contributed by atoms with E-state index in [9.17, 15) is 0 Å². The van der Waals surface area contributed by atoms with Gasteiger partial charge in [-0.2, -0.15) is 5.10 Å². The Morgan fingerprint density at radius 1 is 0.718 bits per heavy atom. The van der Waals surface area contributed by atoms with E-state index in [1.54, 1.807) is 0 Å². The second kappa shape index (κ2) is 9.60. The van der Waals surface area contributed by atoms with Gasteiger partial charge in [-0.25, -0.2) is 9.50 Å². The van der Waals surface area contributed by atoms with E-state index in [0.29, 0.717) is 0 Å². The molecule has 5 heterocycles. The summed E-state index contributed by atoms with van der Waals surface area (Å²) in [6.07, 6.45) is 7.40. The summed E-state index contributed by atoms with van der Waals surface area (Å²) in [4.78, 5) is 18.4. The van der Waals surface area contributed by atoms with Gasteiger partial charge in [-0.15, -0.1) is 0 Å². The number of imidazole rings is 1. The summed E-state index contributed by atoms with van der Waals surface area (Å²) in [5.74, 6) is 0.